The van der Waals surface area contributed by atoms with Crippen molar-refractivity contribution < 1.29 is 28.5 Å². The van der Waals surface area contributed by atoms with Gasteiger partial charge < -0.3 is 28.7 Å². The number of carbonyl (C=O) groups excluding carboxylic acids is 2. The van der Waals surface area contributed by atoms with Crippen molar-refractivity contribution in [2.75, 3.05) is 26.3 Å². The van der Waals surface area contributed by atoms with Crippen molar-refractivity contribution in [3.05, 3.63) is 181 Å². The van der Waals surface area contributed by atoms with E-state index in [1.807, 2.05) is 119 Å². The largest absolute Gasteiger partial charge is 0.486 e. The van der Waals surface area contributed by atoms with Gasteiger partial charge in [0, 0.05) is 13.1 Å². The van der Waals surface area contributed by atoms with Crippen LogP contribution in [0.25, 0.3) is 43.1 Å². The van der Waals surface area contributed by atoms with Gasteiger partial charge in [-0.2, -0.15) is 0 Å². The highest BCUT2D eigenvalue weighted by Crippen LogP contribution is 2.48. The first-order valence-corrected chi connectivity index (χ1v) is 20.5. The van der Waals surface area contributed by atoms with Crippen LogP contribution in [-0.4, -0.2) is 60.1 Å². The molecule has 2 fully saturated rings. The number of nitrogens with zero attached hydrogens (tertiary/aromatic N) is 2. The van der Waals surface area contributed by atoms with Gasteiger partial charge in [0.15, 0.2) is 23.0 Å². The summed E-state index contributed by atoms with van der Waals surface area (Å²) in [6.45, 7) is 1.08. The van der Waals surface area contributed by atoms with Gasteiger partial charge in [-0.15, -0.1) is 0 Å². The van der Waals surface area contributed by atoms with Crippen LogP contribution in [0.2, 0.25) is 0 Å². The summed E-state index contributed by atoms with van der Waals surface area (Å²) in [5.41, 5.74) is 2.03. The molecule has 5 aliphatic heterocycles. The van der Waals surface area contributed by atoms with E-state index in [1.54, 1.807) is 0 Å². The first kappa shape index (κ1) is 35.8. The van der Waals surface area contributed by atoms with Crippen LogP contribution in [0.3, 0.4) is 0 Å². The topological polar surface area (TPSA) is 77.5 Å². The van der Waals surface area contributed by atoms with Gasteiger partial charge in [0.25, 0.3) is 11.8 Å². The standard InChI is InChI=1S/C52H40N2O6/c55-51-49-47(45-37-19-5-1-15-33(37)31-34-16-2-6-20-38(34)45)53(51)27-28-54-48(46-39-21-7-3-17-35(39)32-36-18-4-8-22-40(36)46)50(52(54)56)60-44-26-12-10-24-42(44)58-30-14-13-29-57-41-23-9-11-25-43(41)59-49/h1-26,31-32,47-50H,27-30H2/b14-13-/t47-,48-,49+,50+/m1/s1. The van der Waals surface area contributed by atoms with E-state index < -0.39 is 24.3 Å². The maximum Gasteiger partial charge on any atom is 0.266 e. The van der Waals surface area contributed by atoms with Gasteiger partial charge >= 0.3 is 0 Å². The second kappa shape index (κ2) is 14.8. The van der Waals surface area contributed by atoms with Crippen molar-refractivity contribution in [3.63, 3.8) is 0 Å². The fraction of sp³-hybridized carbons (Fsp3) is 0.154. The molecule has 0 N–H and O–H groups in total. The maximum atomic E-state index is 14.7. The summed E-state index contributed by atoms with van der Waals surface area (Å²) in [6.07, 6.45) is 2.09. The Kier molecular flexibility index (Phi) is 8.84. The number of β-lactam (4-membered cyclic amide) rings is 2. The number of amides is 2. The molecule has 8 heteroatoms. The van der Waals surface area contributed by atoms with E-state index in [9.17, 15) is 9.59 Å². The van der Waals surface area contributed by atoms with Gasteiger partial charge in [0.1, 0.15) is 25.3 Å². The smallest absolute Gasteiger partial charge is 0.266 e. The Labute approximate surface area is 346 Å². The molecule has 13 rings (SSSR count). The Bertz CT molecular complexity index is 2700. The molecule has 0 spiro atoms. The van der Waals surface area contributed by atoms with Crippen LogP contribution in [0.1, 0.15) is 23.2 Å². The summed E-state index contributed by atoms with van der Waals surface area (Å²) in [4.78, 5) is 33.1. The second-order valence-electron chi connectivity index (χ2n) is 15.5. The number of fused-ring (bicyclic) bond motifs is 4. The average molecular weight is 789 g/mol. The van der Waals surface area contributed by atoms with Crippen molar-refractivity contribution in [1.82, 2.24) is 9.80 Å². The molecule has 4 bridgehead atoms. The Morgan fingerprint density at radius 1 is 0.400 bits per heavy atom. The lowest BCUT2D eigenvalue weighted by molar-refractivity contribution is -0.172. The zero-order valence-corrected chi connectivity index (χ0v) is 32.6. The molecule has 5 heterocycles. The van der Waals surface area contributed by atoms with Crippen LogP contribution < -0.4 is 18.9 Å². The highest BCUT2D eigenvalue weighted by Gasteiger charge is 2.55. The fourth-order valence-electron chi connectivity index (χ4n) is 9.35. The molecule has 60 heavy (non-hydrogen) atoms. The zero-order valence-electron chi connectivity index (χ0n) is 32.6. The quantitative estimate of drug-likeness (QED) is 0.0987. The highest BCUT2D eigenvalue weighted by molar-refractivity contribution is 6.06. The van der Waals surface area contributed by atoms with Crippen molar-refractivity contribution in [2.45, 2.75) is 24.3 Å². The van der Waals surface area contributed by atoms with Gasteiger partial charge in [-0.05, 0) is 103 Å². The molecule has 8 aromatic rings. The summed E-state index contributed by atoms with van der Waals surface area (Å²) in [6, 6.07) is 51.6. The number of benzene rings is 8. The molecule has 0 radical (unpaired) electrons. The van der Waals surface area contributed by atoms with Crippen LogP contribution >= 0.6 is 0 Å². The number of hydrogen-bond donors (Lipinski definition) is 0. The Balaban J connectivity index is 1.06. The van der Waals surface area contributed by atoms with Gasteiger partial charge in [-0.3, -0.25) is 9.59 Å². The van der Waals surface area contributed by atoms with Crippen molar-refractivity contribution in [2.24, 2.45) is 0 Å². The van der Waals surface area contributed by atoms with E-state index in [0.717, 1.165) is 54.2 Å². The number of hydrogen-bond acceptors (Lipinski definition) is 6. The predicted molar refractivity (Wildman–Crippen MR) is 234 cm³/mol. The van der Waals surface area contributed by atoms with E-state index in [1.165, 1.54) is 0 Å². The number of ether oxygens (including phenoxy) is 4. The molecule has 5 aliphatic rings. The fourth-order valence-corrected chi connectivity index (χ4v) is 9.35. The number of para-hydroxylation sites is 4. The summed E-state index contributed by atoms with van der Waals surface area (Å²) >= 11 is 0. The van der Waals surface area contributed by atoms with Crippen molar-refractivity contribution in [3.8, 4) is 23.0 Å². The van der Waals surface area contributed by atoms with Crippen LogP contribution in [0.4, 0.5) is 0 Å². The van der Waals surface area contributed by atoms with Crippen LogP contribution in [0.5, 0.6) is 23.0 Å². The minimum atomic E-state index is -0.837. The Hall–Kier alpha value is -7.32. The molecule has 0 aliphatic carbocycles. The molecule has 0 aromatic heterocycles. The first-order valence-electron chi connectivity index (χ1n) is 20.5. The third-order valence-corrected chi connectivity index (χ3v) is 12.1. The predicted octanol–water partition coefficient (Wildman–Crippen LogP) is 9.99. The normalized spacial score (nSPS) is 21.1. The molecule has 2 amide bonds. The average Bonchev–Trinajstić information content (AvgIpc) is 3.29. The number of rotatable bonds is 2. The first-order chi connectivity index (χ1) is 29.6. The third-order valence-electron chi connectivity index (χ3n) is 12.1. The maximum absolute atomic E-state index is 14.7. The molecular weight excluding hydrogens is 749 g/mol. The molecular formula is C52H40N2O6. The summed E-state index contributed by atoms with van der Waals surface area (Å²) in [5.74, 6) is 1.73. The van der Waals surface area contributed by atoms with Gasteiger partial charge in [-0.25, -0.2) is 0 Å². The van der Waals surface area contributed by atoms with Crippen molar-refractivity contribution in [1.29, 1.82) is 0 Å². The molecule has 8 aromatic carbocycles. The van der Waals surface area contributed by atoms with Crippen LogP contribution in [0, 0.1) is 0 Å². The van der Waals surface area contributed by atoms with E-state index in [2.05, 4.69) is 60.7 Å². The second-order valence-corrected chi connectivity index (χ2v) is 15.5. The Morgan fingerprint density at radius 2 is 0.717 bits per heavy atom. The lowest BCUT2D eigenvalue weighted by Crippen LogP contribution is -2.66. The Morgan fingerprint density at radius 3 is 1.08 bits per heavy atom. The lowest BCUT2D eigenvalue weighted by Gasteiger charge is -2.51. The monoisotopic (exact) mass is 788 g/mol. The SMILES string of the molecule is O=C1[C@H]2Oc3ccccc3OC/C=C\COc3ccccc3O[C@@H]3C(=O)N(CCN1[C@@H]2c1c2ccccc2cc2ccccc12)[C@@H]3c1c2ccccc2cc2ccccc12. The molecule has 8 nitrogen and oxygen atoms in total. The summed E-state index contributed by atoms with van der Waals surface area (Å²) in [5, 5.41) is 8.49. The molecule has 2 saturated heterocycles. The van der Waals surface area contributed by atoms with Crippen molar-refractivity contribution >= 4 is 54.9 Å². The minimum Gasteiger partial charge on any atom is -0.486 e. The molecule has 4 atom stereocenters. The summed E-state index contributed by atoms with van der Waals surface area (Å²) < 4.78 is 25.9. The molecule has 0 saturated carbocycles. The highest BCUT2D eigenvalue weighted by atomic mass is 16.5. The van der Waals surface area contributed by atoms with E-state index in [-0.39, 0.29) is 38.1 Å². The van der Waals surface area contributed by atoms with E-state index in [0.29, 0.717) is 23.0 Å². The summed E-state index contributed by atoms with van der Waals surface area (Å²) in [7, 11) is 0. The van der Waals surface area contributed by atoms with Crippen LogP contribution in [0.15, 0.2) is 170 Å². The van der Waals surface area contributed by atoms with Gasteiger partial charge in [-0.1, -0.05) is 121 Å². The van der Waals surface area contributed by atoms with E-state index >= 15 is 0 Å². The van der Waals surface area contributed by atoms with Gasteiger partial charge in [0.2, 0.25) is 12.2 Å². The van der Waals surface area contributed by atoms with Crippen LogP contribution in [-0.2, 0) is 9.59 Å². The zero-order chi connectivity index (χ0) is 40.2. The van der Waals surface area contributed by atoms with E-state index in [4.69, 9.17) is 18.9 Å². The number of carbonyl (C=O) groups is 2. The minimum absolute atomic E-state index is 0.153. The lowest BCUT2D eigenvalue weighted by atomic mass is 9.83. The molecule has 294 valence electrons. The van der Waals surface area contributed by atoms with Gasteiger partial charge in [0.05, 0.1) is 0 Å². The third kappa shape index (κ3) is 5.98. The molecule has 0 unspecified atom stereocenters.